The summed E-state index contributed by atoms with van der Waals surface area (Å²) in [7, 11) is 2.11. The molecule has 0 aromatic heterocycles. The van der Waals surface area contributed by atoms with Gasteiger partial charge < -0.3 is 9.64 Å². The van der Waals surface area contributed by atoms with Gasteiger partial charge in [0, 0.05) is 13.1 Å². The van der Waals surface area contributed by atoms with Crippen molar-refractivity contribution in [1.82, 2.24) is 4.90 Å². The molecular formula is C5H12ClNO. The lowest BCUT2D eigenvalue weighted by Gasteiger charge is -2.21. The normalized spacial score (nSPS) is 22.1. The van der Waals surface area contributed by atoms with E-state index in [1.54, 1.807) is 0 Å². The number of ether oxygens (including phenoxy) is 1. The first kappa shape index (κ1) is 8.21. The maximum Gasteiger partial charge on any atom is 0.0594 e. The molecule has 1 aliphatic rings. The van der Waals surface area contributed by atoms with Crippen molar-refractivity contribution >= 4 is 12.4 Å². The number of hydrogen-bond donors (Lipinski definition) is 0. The molecule has 2 nitrogen and oxygen atoms in total. The summed E-state index contributed by atoms with van der Waals surface area (Å²) in [5.74, 6) is 0. The summed E-state index contributed by atoms with van der Waals surface area (Å²) in [6, 6.07) is 0. The zero-order chi connectivity index (χ0) is 5.11. The third kappa shape index (κ3) is 2.50. The molecule has 1 fully saturated rings. The lowest BCUT2D eigenvalue weighted by Crippen LogP contribution is -2.32. The van der Waals surface area contributed by atoms with E-state index in [9.17, 15) is 0 Å². The van der Waals surface area contributed by atoms with Crippen molar-refractivity contribution in [2.24, 2.45) is 0 Å². The van der Waals surface area contributed by atoms with Crippen molar-refractivity contribution < 1.29 is 4.74 Å². The number of hydrogen-bond acceptors (Lipinski definition) is 2. The van der Waals surface area contributed by atoms with Crippen LogP contribution < -0.4 is 0 Å². The van der Waals surface area contributed by atoms with Crippen LogP contribution in [0.15, 0.2) is 0 Å². The van der Waals surface area contributed by atoms with Crippen LogP contribution >= 0.6 is 12.4 Å². The second-order valence-corrected chi connectivity index (χ2v) is 1.92. The average Bonchev–Trinajstić information content (AvgIpc) is 1.69. The predicted molar refractivity (Wildman–Crippen MR) is 35.6 cm³/mol. The fraction of sp³-hybridized carbons (Fsp3) is 1.00. The molecule has 0 amide bonds. The lowest BCUT2D eigenvalue weighted by molar-refractivity contribution is 0.0503. The van der Waals surface area contributed by atoms with Crippen molar-refractivity contribution in [2.75, 3.05) is 33.4 Å². The topological polar surface area (TPSA) is 12.5 Å². The van der Waals surface area contributed by atoms with Crippen molar-refractivity contribution in [3.05, 3.63) is 0 Å². The molecule has 0 unspecified atom stereocenters. The zero-order valence-electron chi connectivity index (χ0n) is 5.09. The van der Waals surface area contributed by atoms with Crippen molar-refractivity contribution in [1.29, 1.82) is 0 Å². The minimum absolute atomic E-state index is 0. The molecule has 50 valence electrons. The Labute approximate surface area is 56.2 Å². The largest absolute Gasteiger partial charge is 0.379 e. The molecule has 1 saturated heterocycles. The van der Waals surface area contributed by atoms with Crippen LogP contribution in [0.5, 0.6) is 0 Å². The summed E-state index contributed by atoms with van der Waals surface area (Å²) in [6.45, 7) is 4.02. The van der Waals surface area contributed by atoms with E-state index in [1.165, 1.54) is 0 Å². The molecule has 3 heteroatoms. The van der Waals surface area contributed by atoms with Gasteiger partial charge in [-0.3, -0.25) is 0 Å². The van der Waals surface area contributed by atoms with Gasteiger partial charge >= 0.3 is 0 Å². The second-order valence-electron chi connectivity index (χ2n) is 1.92. The molecule has 0 radical (unpaired) electrons. The molecular weight excluding hydrogens is 126 g/mol. The average molecular weight is 138 g/mol. The Morgan fingerprint density at radius 2 is 1.75 bits per heavy atom. The molecule has 8 heavy (non-hydrogen) atoms. The first-order chi connectivity index (χ1) is 3.39. The van der Waals surface area contributed by atoms with E-state index in [2.05, 4.69) is 11.9 Å². The van der Waals surface area contributed by atoms with Crippen LogP contribution in [-0.2, 0) is 4.74 Å². The van der Waals surface area contributed by atoms with Crippen molar-refractivity contribution in [2.45, 2.75) is 0 Å². The van der Waals surface area contributed by atoms with Crippen LogP contribution in [0.1, 0.15) is 0 Å². The molecule has 0 atom stereocenters. The SMILES string of the molecule is CN1CCOCC1.Cl. The summed E-state index contributed by atoms with van der Waals surface area (Å²) < 4.78 is 5.10. The monoisotopic (exact) mass is 137 g/mol. The van der Waals surface area contributed by atoms with Gasteiger partial charge in [0.05, 0.1) is 13.2 Å². The Kier molecular flexibility index (Phi) is 4.23. The fourth-order valence-electron chi connectivity index (χ4n) is 0.655. The summed E-state index contributed by atoms with van der Waals surface area (Å²) in [5, 5.41) is 0. The van der Waals surface area contributed by atoms with Gasteiger partial charge in [-0.15, -0.1) is 12.4 Å². The molecule has 0 spiro atoms. The Hall–Kier alpha value is 0.210. The highest BCUT2D eigenvalue weighted by molar-refractivity contribution is 5.85. The predicted octanol–water partition coefficient (Wildman–Crippen LogP) is 0.370. The second kappa shape index (κ2) is 4.13. The molecule has 0 N–H and O–H groups in total. The van der Waals surface area contributed by atoms with Crippen LogP contribution in [0.25, 0.3) is 0 Å². The van der Waals surface area contributed by atoms with Gasteiger partial charge in [0.1, 0.15) is 0 Å². The van der Waals surface area contributed by atoms with E-state index in [0.717, 1.165) is 26.3 Å². The molecule has 1 heterocycles. The van der Waals surface area contributed by atoms with Crippen molar-refractivity contribution in [3.8, 4) is 0 Å². The van der Waals surface area contributed by atoms with Gasteiger partial charge in [0.2, 0.25) is 0 Å². The lowest BCUT2D eigenvalue weighted by atomic mass is 10.5. The highest BCUT2D eigenvalue weighted by Gasteiger charge is 2.02. The summed E-state index contributed by atoms with van der Waals surface area (Å²) >= 11 is 0. The third-order valence-electron chi connectivity index (χ3n) is 1.23. The van der Waals surface area contributed by atoms with Crippen LogP contribution in [0.4, 0.5) is 0 Å². The quantitative estimate of drug-likeness (QED) is 0.479. The number of nitrogens with zero attached hydrogens (tertiary/aromatic N) is 1. The minimum atomic E-state index is 0. The third-order valence-corrected chi connectivity index (χ3v) is 1.23. The van der Waals surface area contributed by atoms with Gasteiger partial charge in [0.25, 0.3) is 0 Å². The first-order valence-corrected chi connectivity index (χ1v) is 2.66. The maximum atomic E-state index is 5.10. The Morgan fingerprint density at radius 3 is 2.00 bits per heavy atom. The molecule has 1 aliphatic heterocycles. The van der Waals surface area contributed by atoms with E-state index >= 15 is 0 Å². The standard InChI is InChI=1S/C5H11NO.ClH/c1-6-2-4-7-5-3-6;/h2-5H2,1H3;1H. The van der Waals surface area contributed by atoms with Crippen molar-refractivity contribution in [3.63, 3.8) is 0 Å². The van der Waals surface area contributed by atoms with Gasteiger partial charge in [-0.2, -0.15) is 0 Å². The number of rotatable bonds is 0. The fourth-order valence-corrected chi connectivity index (χ4v) is 0.655. The molecule has 0 aromatic carbocycles. The number of morpholine rings is 1. The highest BCUT2D eigenvalue weighted by Crippen LogP contribution is 1.89. The van der Waals surface area contributed by atoms with Gasteiger partial charge in [-0.05, 0) is 7.05 Å². The summed E-state index contributed by atoms with van der Waals surface area (Å²) in [4.78, 5) is 2.27. The Balaban J connectivity index is 0.000000490. The van der Waals surface area contributed by atoms with E-state index in [1.807, 2.05) is 0 Å². The van der Waals surface area contributed by atoms with Gasteiger partial charge in [-0.1, -0.05) is 0 Å². The highest BCUT2D eigenvalue weighted by atomic mass is 35.5. The van der Waals surface area contributed by atoms with E-state index in [4.69, 9.17) is 4.74 Å². The van der Waals surface area contributed by atoms with E-state index in [0.29, 0.717) is 0 Å². The smallest absolute Gasteiger partial charge is 0.0594 e. The molecule has 0 aromatic rings. The summed E-state index contributed by atoms with van der Waals surface area (Å²) in [6.07, 6.45) is 0. The summed E-state index contributed by atoms with van der Waals surface area (Å²) in [5.41, 5.74) is 0. The molecule has 1 rings (SSSR count). The first-order valence-electron chi connectivity index (χ1n) is 2.66. The Bertz CT molecular complexity index is 54.4. The van der Waals surface area contributed by atoms with Crippen LogP contribution in [0, 0.1) is 0 Å². The van der Waals surface area contributed by atoms with Gasteiger partial charge in [-0.25, -0.2) is 0 Å². The van der Waals surface area contributed by atoms with E-state index < -0.39 is 0 Å². The maximum absolute atomic E-state index is 5.10. The van der Waals surface area contributed by atoms with Crippen LogP contribution in [-0.4, -0.2) is 38.3 Å². The minimum Gasteiger partial charge on any atom is -0.379 e. The number of likely N-dealkylation sites (N-methyl/N-ethyl adjacent to an activating group) is 1. The Morgan fingerprint density at radius 1 is 1.25 bits per heavy atom. The zero-order valence-corrected chi connectivity index (χ0v) is 5.91. The van der Waals surface area contributed by atoms with Crippen LogP contribution in [0.3, 0.4) is 0 Å². The van der Waals surface area contributed by atoms with Gasteiger partial charge in [0.15, 0.2) is 0 Å². The molecule has 0 saturated carbocycles. The molecule has 0 bridgehead atoms. The van der Waals surface area contributed by atoms with Crippen LogP contribution in [0.2, 0.25) is 0 Å². The van der Waals surface area contributed by atoms with E-state index in [-0.39, 0.29) is 12.4 Å². The molecule has 0 aliphatic carbocycles. The number of halogens is 1.